The molecule has 2 nitrogen and oxygen atoms in total. The van der Waals surface area contributed by atoms with Crippen molar-refractivity contribution in [1.29, 1.82) is 0 Å². The molecule has 5 saturated carbocycles. The molecule has 1 N–H and O–H groups in total. The Balaban J connectivity index is 1.54. The molecule has 0 radical (unpaired) electrons. The van der Waals surface area contributed by atoms with Gasteiger partial charge in [0.05, 0.1) is 6.10 Å². The van der Waals surface area contributed by atoms with Crippen molar-refractivity contribution in [3.05, 3.63) is 0 Å². The monoisotopic (exact) mass is 428 g/mol. The van der Waals surface area contributed by atoms with Crippen molar-refractivity contribution >= 4 is 5.78 Å². The highest BCUT2D eigenvalue weighted by molar-refractivity contribution is 5.83. The van der Waals surface area contributed by atoms with Gasteiger partial charge in [-0.25, -0.2) is 0 Å². The summed E-state index contributed by atoms with van der Waals surface area (Å²) in [5.74, 6) is 3.58. The van der Waals surface area contributed by atoms with Crippen molar-refractivity contribution in [1.82, 2.24) is 0 Å². The Kier molecular flexibility index (Phi) is 4.78. The number of hydrogen-bond donors (Lipinski definition) is 1. The summed E-state index contributed by atoms with van der Waals surface area (Å²) >= 11 is 0. The fourth-order valence-corrected chi connectivity index (χ4v) is 10.9. The molecule has 0 aromatic heterocycles. The highest BCUT2D eigenvalue weighted by Crippen LogP contribution is 2.75. The summed E-state index contributed by atoms with van der Waals surface area (Å²) in [6.45, 7) is 17.3. The van der Waals surface area contributed by atoms with Crippen molar-refractivity contribution in [3.63, 3.8) is 0 Å². The number of Topliss-reactive ketones (excluding diaryl/α,β-unsaturated/α-hetero) is 1. The third-order valence-corrected chi connectivity index (χ3v) is 12.8. The summed E-state index contributed by atoms with van der Waals surface area (Å²) in [5.41, 5.74) is 1.10. The molecule has 0 spiro atoms. The van der Waals surface area contributed by atoms with Gasteiger partial charge in [0.25, 0.3) is 0 Å². The maximum Gasteiger partial charge on any atom is 0.136 e. The predicted octanol–water partition coefficient (Wildman–Crippen LogP) is 7.04. The Morgan fingerprint density at radius 1 is 0.774 bits per heavy atom. The van der Waals surface area contributed by atoms with Gasteiger partial charge in [-0.3, -0.25) is 4.79 Å². The number of carbonyl (C=O) groups is 1. The molecule has 5 aliphatic carbocycles. The minimum absolute atomic E-state index is 0.00690. The van der Waals surface area contributed by atoms with E-state index in [4.69, 9.17) is 0 Å². The topological polar surface area (TPSA) is 37.3 Å². The molecule has 0 bridgehead atoms. The second kappa shape index (κ2) is 6.61. The number of fused-ring (bicyclic) bond motifs is 7. The quantitative estimate of drug-likeness (QED) is 0.449. The Labute approximate surface area is 191 Å². The number of aliphatic hydroxyl groups is 1. The van der Waals surface area contributed by atoms with E-state index < -0.39 is 0 Å². The summed E-state index contributed by atoms with van der Waals surface area (Å²) in [6.07, 6.45) is 11.5. The van der Waals surface area contributed by atoms with Crippen LogP contribution in [0.4, 0.5) is 0 Å². The van der Waals surface area contributed by atoms with Crippen molar-refractivity contribution in [3.8, 4) is 0 Å². The van der Waals surface area contributed by atoms with Gasteiger partial charge >= 0.3 is 0 Å². The van der Waals surface area contributed by atoms with Gasteiger partial charge in [0.2, 0.25) is 0 Å². The first-order valence-electron chi connectivity index (χ1n) is 13.5. The normalized spacial score (nSPS) is 55.4. The molecule has 0 amide bonds. The minimum atomic E-state index is -0.164. The average molecular weight is 429 g/mol. The number of carbonyl (C=O) groups excluding carboxylic acids is 1. The lowest BCUT2D eigenvalue weighted by Gasteiger charge is -2.72. The van der Waals surface area contributed by atoms with E-state index in [9.17, 15) is 9.90 Å². The molecule has 0 aromatic carbocycles. The molecule has 5 fully saturated rings. The SMILES string of the molecule is CC1(C)CCC2C(=O)CC3(C)C(CCC4C5(C)CCC(O)C(C)(C)C5CCC43C)C2C1. The lowest BCUT2D eigenvalue weighted by Crippen LogP contribution is -2.67. The number of hydrogen-bond acceptors (Lipinski definition) is 2. The third kappa shape index (κ3) is 2.82. The molecule has 9 unspecified atom stereocenters. The summed E-state index contributed by atoms with van der Waals surface area (Å²) in [4.78, 5) is 13.6. The van der Waals surface area contributed by atoms with Crippen LogP contribution in [0, 0.1) is 56.7 Å². The molecule has 0 aromatic rings. The van der Waals surface area contributed by atoms with E-state index in [-0.39, 0.29) is 22.3 Å². The standard InChI is InChI=1S/C29H48O2/c1-25(2)13-10-18-19(16-25)20-8-9-23-27(5)14-12-24(31)26(3,4)22(27)11-15-28(23,6)29(20,7)17-21(18)30/h18-20,22-24,31H,8-17H2,1-7H3. The number of ketones is 1. The van der Waals surface area contributed by atoms with Gasteiger partial charge in [-0.15, -0.1) is 0 Å². The maximum atomic E-state index is 13.6. The van der Waals surface area contributed by atoms with Crippen LogP contribution in [0.5, 0.6) is 0 Å². The summed E-state index contributed by atoms with van der Waals surface area (Å²) in [5, 5.41) is 10.9. The van der Waals surface area contributed by atoms with Crippen LogP contribution in [-0.2, 0) is 4.79 Å². The van der Waals surface area contributed by atoms with Crippen molar-refractivity contribution in [2.75, 3.05) is 0 Å². The summed E-state index contributed by atoms with van der Waals surface area (Å²) in [7, 11) is 0. The number of aliphatic hydroxyl groups excluding tert-OH is 1. The van der Waals surface area contributed by atoms with Gasteiger partial charge in [-0.2, -0.15) is 0 Å². The van der Waals surface area contributed by atoms with Gasteiger partial charge in [-0.1, -0.05) is 48.5 Å². The Morgan fingerprint density at radius 2 is 1.48 bits per heavy atom. The minimum Gasteiger partial charge on any atom is -0.393 e. The lowest BCUT2D eigenvalue weighted by molar-refractivity contribution is -0.241. The van der Waals surface area contributed by atoms with E-state index in [0.29, 0.717) is 40.3 Å². The zero-order valence-electron chi connectivity index (χ0n) is 21.4. The first-order valence-corrected chi connectivity index (χ1v) is 13.5. The lowest BCUT2D eigenvalue weighted by atomic mass is 9.32. The van der Waals surface area contributed by atoms with Crippen LogP contribution in [0.2, 0.25) is 0 Å². The maximum absolute atomic E-state index is 13.6. The van der Waals surface area contributed by atoms with E-state index in [1.807, 2.05) is 0 Å². The second-order valence-electron chi connectivity index (χ2n) is 14.9. The van der Waals surface area contributed by atoms with Gasteiger partial charge in [0, 0.05) is 12.3 Å². The summed E-state index contributed by atoms with van der Waals surface area (Å²) in [6, 6.07) is 0. The smallest absolute Gasteiger partial charge is 0.136 e. The third-order valence-electron chi connectivity index (χ3n) is 12.8. The largest absolute Gasteiger partial charge is 0.393 e. The van der Waals surface area contributed by atoms with Crippen LogP contribution in [0.15, 0.2) is 0 Å². The average Bonchev–Trinajstić information content (AvgIpc) is 2.65. The molecule has 9 atom stereocenters. The Bertz CT molecular complexity index is 767. The Morgan fingerprint density at radius 3 is 2.19 bits per heavy atom. The highest BCUT2D eigenvalue weighted by Gasteiger charge is 2.69. The van der Waals surface area contributed by atoms with E-state index >= 15 is 0 Å². The van der Waals surface area contributed by atoms with Crippen LogP contribution >= 0.6 is 0 Å². The first-order chi connectivity index (χ1) is 14.3. The van der Waals surface area contributed by atoms with Crippen molar-refractivity contribution in [2.24, 2.45) is 56.7 Å². The van der Waals surface area contributed by atoms with Crippen molar-refractivity contribution in [2.45, 2.75) is 119 Å². The van der Waals surface area contributed by atoms with Crippen LogP contribution in [0.25, 0.3) is 0 Å². The molecule has 0 saturated heterocycles. The van der Waals surface area contributed by atoms with E-state index in [1.165, 1.54) is 38.5 Å². The van der Waals surface area contributed by atoms with Crippen molar-refractivity contribution < 1.29 is 9.90 Å². The van der Waals surface area contributed by atoms with Gasteiger partial charge < -0.3 is 5.11 Å². The van der Waals surface area contributed by atoms with Gasteiger partial charge in [-0.05, 0) is 109 Å². The van der Waals surface area contributed by atoms with E-state index in [1.54, 1.807) is 0 Å². The summed E-state index contributed by atoms with van der Waals surface area (Å²) < 4.78 is 0. The molecule has 2 heteroatoms. The van der Waals surface area contributed by atoms with E-state index in [2.05, 4.69) is 48.5 Å². The molecule has 5 rings (SSSR count). The van der Waals surface area contributed by atoms with Crippen LogP contribution < -0.4 is 0 Å². The second-order valence-corrected chi connectivity index (χ2v) is 14.9. The van der Waals surface area contributed by atoms with Gasteiger partial charge in [0.15, 0.2) is 0 Å². The molecule has 31 heavy (non-hydrogen) atoms. The zero-order chi connectivity index (χ0) is 22.6. The molecular formula is C29H48O2. The van der Waals surface area contributed by atoms with Gasteiger partial charge in [0.1, 0.15) is 5.78 Å². The highest BCUT2D eigenvalue weighted by atomic mass is 16.3. The molecule has 0 aliphatic heterocycles. The molecule has 0 heterocycles. The number of rotatable bonds is 0. The Hall–Kier alpha value is -0.370. The first kappa shape index (κ1) is 22.4. The molecule has 5 aliphatic rings. The van der Waals surface area contributed by atoms with E-state index in [0.717, 1.165) is 31.6 Å². The van der Waals surface area contributed by atoms with Crippen LogP contribution in [0.3, 0.4) is 0 Å². The van der Waals surface area contributed by atoms with Crippen LogP contribution in [0.1, 0.15) is 113 Å². The fraction of sp³-hybridized carbons (Fsp3) is 0.966. The zero-order valence-corrected chi connectivity index (χ0v) is 21.4. The molecule has 176 valence electrons. The van der Waals surface area contributed by atoms with Crippen LogP contribution in [-0.4, -0.2) is 17.0 Å². The molecular weight excluding hydrogens is 380 g/mol. The fourth-order valence-electron chi connectivity index (χ4n) is 10.9. The predicted molar refractivity (Wildman–Crippen MR) is 127 cm³/mol.